The second-order valence-corrected chi connectivity index (χ2v) is 5.86. The van der Waals surface area contributed by atoms with Gasteiger partial charge in [0.15, 0.2) is 0 Å². The fourth-order valence-electron chi connectivity index (χ4n) is 2.92. The number of para-hydroxylation sites is 2. The molecular formula is C17H24F2N4O. The zero-order chi connectivity index (χ0) is 17.7. The second kappa shape index (κ2) is 7.70. The van der Waals surface area contributed by atoms with Crippen LogP contribution in [0.15, 0.2) is 24.3 Å². The highest BCUT2D eigenvalue weighted by Gasteiger charge is 2.33. The lowest BCUT2D eigenvalue weighted by atomic mass is 9.81. The molecule has 0 aliphatic carbocycles. The van der Waals surface area contributed by atoms with Crippen LogP contribution in [0.25, 0.3) is 11.0 Å². The van der Waals surface area contributed by atoms with Gasteiger partial charge in [0.2, 0.25) is 5.91 Å². The van der Waals surface area contributed by atoms with Crippen molar-refractivity contribution in [2.45, 2.75) is 39.7 Å². The number of halogens is 2. The lowest BCUT2D eigenvalue weighted by molar-refractivity contribution is -0.131. The monoisotopic (exact) mass is 338 g/mol. The van der Waals surface area contributed by atoms with E-state index in [1.807, 2.05) is 13.8 Å². The number of imidazole rings is 1. The maximum Gasteiger partial charge on any atom is 0.320 e. The van der Waals surface area contributed by atoms with E-state index >= 15 is 0 Å². The normalized spacial score (nSPS) is 12.1. The van der Waals surface area contributed by atoms with Gasteiger partial charge in [0.25, 0.3) is 0 Å². The van der Waals surface area contributed by atoms with Gasteiger partial charge in [-0.05, 0) is 25.0 Å². The van der Waals surface area contributed by atoms with Gasteiger partial charge in [-0.15, -0.1) is 0 Å². The first kappa shape index (κ1) is 18.3. The lowest BCUT2D eigenvalue weighted by Gasteiger charge is -2.28. The molecule has 1 amide bonds. The molecule has 0 fully saturated rings. The number of rotatable bonds is 8. The minimum Gasteiger partial charge on any atom is -0.355 e. The summed E-state index contributed by atoms with van der Waals surface area (Å²) in [7, 11) is 0. The third-order valence-electron chi connectivity index (χ3n) is 4.72. The Bertz CT molecular complexity index is 687. The Morgan fingerprint density at radius 3 is 2.58 bits per heavy atom. The van der Waals surface area contributed by atoms with Crippen LogP contribution in [0.2, 0.25) is 0 Å². The maximum absolute atomic E-state index is 13.3. The predicted octanol–water partition coefficient (Wildman–Crippen LogP) is 2.86. The van der Waals surface area contributed by atoms with Crippen molar-refractivity contribution in [3.63, 3.8) is 0 Å². The Balaban J connectivity index is 2.11. The van der Waals surface area contributed by atoms with Crippen molar-refractivity contribution < 1.29 is 13.6 Å². The number of fused-ring (bicyclic) bond motifs is 1. The van der Waals surface area contributed by atoms with E-state index in [0.29, 0.717) is 23.9 Å². The number of aromatic nitrogens is 2. The van der Waals surface area contributed by atoms with Gasteiger partial charge in [-0.1, -0.05) is 26.0 Å². The fraction of sp³-hybridized carbons (Fsp3) is 0.529. The molecule has 1 aromatic carbocycles. The summed E-state index contributed by atoms with van der Waals surface area (Å²) < 4.78 is 27.6. The van der Waals surface area contributed by atoms with Crippen LogP contribution >= 0.6 is 0 Å². The topological polar surface area (TPSA) is 72.9 Å². The zero-order valence-corrected chi connectivity index (χ0v) is 14.1. The van der Waals surface area contributed by atoms with Crippen LogP contribution in [0.4, 0.5) is 8.78 Å². The molecule has 7 heteroatoms. The Hall–Kier alpha value is -2.02. The molecule has 0 bridgehead atoms. The van der Waals surface area contributed by atoms with E-state index in [-0.39, 0.29) is 31.2 Å². The van der Waals surface area contributed by atoms with E-state index in [0.717, 1.165) is 4.57 Å². The van der Waals surface area contributed by atoms with Gasteiger partial charge in [-0.3, -0.25) is 9.36 Å². The van der Waals surface area contributed by atoms with Crippen LogP contribution in [0.5, 0.6) is 0 Å². The number of nitrogens with zero attached hydrogens (tertiary/aromatic N) is 2. The number of alkyl halides is 2. The molecule has 1 aromatic heterocycles. The summed E-state index contributed by atoms with van der Waals surface area (Å²) in [6.45, 7) is 1.69. The number of hydrogen-bond donors (Lipinski definition) is 2. The first-order valence-electron chi connectivity index (χ1n) is 8.21. The van der Waals surface area contributed by atoms with Crippen LogP contribution in [-0.4, -0.2) is 28.5 Å². The van der Waals surface area contributed by atoms with Gasteiger partial charge in [-0.25, -0.2) is 4.98 Å². The molecule has 0 aliphatic heterocycles. The smallest absolute Gasteiger partial charge is 0.320 e. The summed E-state index contributed by atoms with van der Waals surface area (Å²) in [6.07, 6.45) is 1.52. The van der Waals surface area contributed by atoms with Crippen LogP contribution in [0.1, 0.15) is 39.1 Å². The molecule has 0 spiro atoms. The summed E-state index contributed by atoms with van der Waals surface area (Å²) in [4.78, 5) is 16.6. The first-order chi connectivity index (χ1) is 11.5. The van der Waals surface area contributed by atoms with E-state index in [1.54, 1.807) is 24.3 Å². The molecule has 132 valence electrons. The van der Waals surface area contributed by atoms with E-state index in [4.69, 9.17) is 5.73 Å². The molecule has 24 heavy (non-hydrogen) atoms. The molecule has 0 aliphatic rings. The second-order valence-electron chi connectivity index (χ2n) is 5.86. The molecule has 2 rings (SSSR count). The third kappa shape index (κ3) is 3.40. The van der Waals surface area contributed by atoms with E-state index < -0.39 is 12.0 Å². The highest BCUT2D eigenvalue weighted by atomic mass is 19.3. The van der Waals surface area contributed by atoms with Crippen molar-refractivity contribution in [1.82, 2.24) is 14.9 Å². The lowest BCUT2D eigenvalue weighted by Crippen LogP contribution is -2.45. The summed E-state index contributed by atoms with van der Waals surface area (Å²) in [6, 6.07) is 6.77. The Labute approximate surface area is 140 Å². The molecule has 5 nitrogen and oxygen atoms in total. The van der Waals surface area contributed by atoms with Crippen molar-refractivity contribution in [3.8, 4) is 0 Å². The molecule has 0 unspecified atom stereocenters. The molecule has 0 atom stereocenters. The van der Waals surface area contributed by atoms with Crippen molar-refractivity contribution >= 4 is 16.9 Å². The van der Waals surface area contributed by atoms with E-state index in [9.17, 15) is 13.6 Å². The number of carbonyl (C=O) groups is 1. The van der Waals surface area contributed by atoms with E-state index in [2.05, 4.69) is 10.3 Å². The van der Waals surface area contributed by atoms with Crippen LogP contribution in [0, 0.1) is 5.41 Å². The highest BCUT2D eigenvalue weighted by Crippen LogP contribution is 2.25. The minimum atomic E-state index is -2.67. The van der Waals surface area contributed by atoms with Gasteiger partial charge in [0.05, 0.1) is 16.4 Å². The van der Waals surface area contributed by atoms with Crippen molar-refractivity contribution in [1.29, 1.82) is 0 Å². The minimum absolute atomic E-state index is 0.130. The Kier molecular flexibility index (Phi) is 5.88. The van der Waals surface area contributed by atoms with Crippen molar-refractivity contribution in [2.75, 3.05) is 13.1 Å². The predicted molar refractivity (Wildman–Crippen MR) is 89.8 cm³/mol. The number of benzene rings is 1. The number of amides is 1. The number of nitrogens with one attached hydrogen (secondary N) is 1. The molecule has 1 heterocycles. The Morgan fingerprint density at radius 1 is 1.33 bits per heavy atom. The first-order valence-corrected chi connectivity index (χ1v) is 8.21. The van der Waals surface area contributed by atoms with Gasteiger partial charge >= 0.3 is 6.55 Å². The average Bonchev–Trinajstić information content (AvgIpc) is 2.95. The standard InChI is InChI=1S/C17H24F2N4O/c1-3-17(4-2,11-20)15(24)21-10-9-14-22-12-7-5-6-8-13(12)23(14)16(18)19/h5-8,16H,3-4,9-11,20H2,1-2H3,(H,21,24). The SMILES string of the molecule is CCC(CC)(CN)C(=O)NCCc1nc2ccccc2n1C(F)F. The number of carbonyl (C=O) groups excluding carboxylic acids is 1. The summed E-state index contributed by atoms with van der Waals surface area (Å²) >= 11 is 0. The molecule has 0 saturated heterocycles. The summed E-state index contributed by atoms with van der Waals surface area (Å²) in [5.41, 5.74) is 6.08. The van der Waals surface area contributed by atoms with Gasteiger partial charge in [0.1, 0.15) is 5.82 Å². The Morgan fingerprint density at radius 2 is 2.00 bits per heavy atom. The number of nitrogens with two attached hydrogens (primary N) is 1. The number of hydrogen-bond acceptors (Lipinski definition) is 3. The van der Waals surface area contributed by atoms with Gasteiger partial charge in [-0.2, -0.15) is 8.78 Å². The zero-order valence-electron chi connectivity index (χ0n) is 14.1. The van der Waals surface area contributed by atoms with Crippen LogP contribution < -0.4 is 11.1 Å². The maximum atomic E-state index is 13.3. The fourth-order valence-corrected chi connectivity index (χ4v) is 2.92. The van der Waals surface area contributed by atoms with Gasteiger partial charge < -0.3 is 11.1 Å². The molecule has 3 N–H and O–H groups in total. The van der Waals surface area contributed by atoms with Crippen LogP contribution in [0.3, 0.4) is 0 Å². The summed E-state index contributed by atoms with van der Waals surface area (Å²) in [5, 5.41) is 2.82. The largest absolute Gasteiger partial charge is 0.355 e. The third-order valence-corrected chi connectivity index (χ3v) is 4.72. The van der Waals surface area contributed by atoms with Crippen molar-refractivity contribution in [3.05, 3.63) is 30.1 Å². The van der Waals surface area contributed by atoms with E-state index in [1.165, 1.54) is 0 Å². The van der Waals surface area contributed by atoms with Crippen molar-refractivity contribution in [2.24, 2.45) is 11.1 Å². The molecule has 2 aromatic rings. The highest BCUT2D eigenvalue weighted by molar-refractivity contribution is 5.82. The average molecular weight is 338 g/mol. The van der Waals surface area contributed by atoms with Gasteiger partial charge in [0, 0.05) is 19.5 Å². The molecule has 0 saturated carbocycles. The quantitative estimate of drug-likeness (QED) is 0.777. The molecule has 0 radical (unpaired) electrons. The molecular weight excluding hydrogens is 314 g/mol. The van der Waals surface area contributed by atoms with Crippen LogP contribution in [-0.2, 0) is 11.2 Å². The summed E-state index contributed by atoms with van der Waals surface area (Å²) in [5.74, 6) is 0.132.